The van der Waals surface area contributed by atoms with Gasteiger partial charge in [0.15, 0.2) is 0 Å². The Balaban J connectivity index is 3.64. The molecule has 0 radical (unpaired) electrons. The van der Waals surface area contributed by atoms with Gasteiger partial charge in [0, 0.05) is 12.0 Å². The van der Waals surface area contributed by atoms with Gasteiger partial charge in [0.25, 0.3) is 0 Å². The van der Waals surface area contributed by atoms with Crippen LogP contribution in [0.5, 0.6) is 0 Å². The first kappa shape index (κ1) is 15.4. The van der Waals surface area contributed by atoms with Crippen LogP contribution in [-0.4, -0.2) is 18.5 Å². The number of ether oxygens (including phenoxy) is 1. The summed E-state index contributed by atoms with van der Waals surface area (Å²) in [7, 11) is 0. The van der Waals surface area contributed by atoms with Crippen LogP contribution < -0.4 is 5.73 Å². The number of nitrogens with one attached hydrogen (secondary N) is 1. The van der Waals surface area contributed by atoms with Crippen LogP contribution in [0.1, 0.15) is 53.9 Å². The van der Waals surface area contributed by atoms with Crippen molar-refractivity contribution in [1.29, 1.82) is 5.41 Å². The topological polar surface area (TPSA) is 59.1 Å². The van der Waals surface area contributed by atoms with Crippen LogP contribution in [0.25, 0.3) is 0 Å². The summed E-state index contributed by atoms with van der Waals surface area (Å²) in [6.07, 6.45) is 3.32. The molecule has 3 nitrogen and oxygen atoms in total. The summed E-state index contributed by atoms with van der Waals surface area (Å²) in [5, 5.41) is 7.45. The molecule has 0 heterocycles. The van der Waals surface area contributed by atoms with Crippen LogP contribution >= 0.6 is 0 Å². The van der Waals surface area contributed by atoms with Gasteiger partial charge >= 0.3 is 0 Å². The van der Waals surface area contributed by atoms with Gasteiger partial charge in [-0.2, -0.15) is 0 Å². The van der Waals surface area contributed by atoms with Gasteiger partial charge in [-0.15, -0.1) is 0 Å². The van der Waals surface area contributed by atoms with E-state index in [2.05, 4.69) is 20.8 Å². The molecular formula is C13H28N2O. The molecule has 3 N–H and O–H groups in total. The number of rotatable bonds is 8. The van der Waals surface area contributed by atoms with Crippen LogP contribution in [-0.2, 0) is 4.74 Å². The van der Waals surface area contributed by atoms with Gasteiger partial charge in [0.05, 0.1) is 11.9 Å². The third kappa shape index (κ3) is 6.83. The molecule has 0 saturated heterocycles. The SMILES string of the molecule is CC(C)CC(C)OCCCC(C)(C)C(=N)N. The number of amidine groups is 1. The Bertz CT molecular complexity index is 212. The highest BCUT2D eigenvalue weighted by atomic mass is 16.5. The second kappa shape index (κ2) is 6.89. The average molecular weight is 228 g/mol. The Morgan fingerprint density at radius 2 is 1.88 bits per heavy atom. The lowest BCUT2D eigenvalue weighted by Crippen LogP contribution is -2.31. The summed E-state index contributed by atoms with van der Waals surface area (Å²) in [4.78, 5) is 0. The monoisotopic (exact) mass is 228 g/mol. The van der Waals surface area contributed by atoms with Gasteiger partial charge in [-0.05, 0) is 32.1 Å². The quantitative estimate of drug-likeness (QED) is 0.381. The lowest BCUT2D eigenvalue weighted by Gasteiger charge is -2.23. The van der Waals surface area contributed by atoms with Crippen LogP contribution in [0.3, 0.4) is 0 Å². The fourth-order valence-electron chi connectivity index (χ4n) is 1.67. The van der Waals surface area contributed by atoms with Crippen molar-refractivity contribution in [2.75, 3.05) is 6.61 Å². The largest absolute Gasteiger partial charge is 0.387 e. The summed E-state index contributed by atoms with van der Waals surface area (Å²) < 4.78 is 5.72. The molecule has 0 fully saturated rings. The van der Waals surface area contributed by atoms with Crippen LogP contribution in [0.15, 0.2) is 0 Å². The zero-order chi connectivity index (χ0) is 12.8. The number of hydrogen-bond acceptors (Lipinski definition) is 2. The standard InChI is InChI=1S/C13H28N2O/c1-10(2)9-11(3)16-8-6-7-13(4,5)12(14)15/h10-11H,6-9H2,1-5H3,(H3,14,15). The molecule has 1 unspecified atom stereocenters. The molecule has 0 spiro atoms. The molecule has 0 aliphatic heterocycles. The van der Waals surface area contributed by atoms with Gasteiger partial charge in [-0.1, -0.05) is 27.7 Å². The smallest absolute Gasteiger partial charge is 0.0963 e. The molecular weight excluding hydrogens is 200 g/mol. The van der Waals surface area contributed by atoms with Gasteiger partial charge < -0.3 is 10.5 Å². The predicted octanol–water partition coefficient (Wildman–Crippen LogP) is 3.18. The number of nitrogens with two attached hydrogens (primary N) is 1. The molecule has 0 rings (SSSR count). The molecule has 0 aromatic rings. The highest BCUT2D eigenvalue weighted by Crippen LogP contribution is 2.21. The van der Waals surface area contributed by atoms with Crippen LogP contribution in [0.2, 0.25) is 0 Å². The average Bonchev–Trinajstić information content (AvgIpc) is 2.11. The molecule has 3 heteroatoms. The summed E-state index contributed by atoms with van der Waals surface area (Å²) in [5.41, 5.74) is 5.33. The molecule has 0 amide bonds. The Hall–Kier alpha value is -0.570. The first-order valence-corrected chi connectivity index (χ1v) is 6.22. The Labute approximate surface area is 100 Å². The Morgan fingerprint density at radius 3 is 2.31 bits per heavy atom. The van der Waals surface area contributed by atoms with Crippen molar-refractivity contribution >= 4 is 5.84 Å². The van der Waals surface area contributed by atoms with Crippen molar-refractivity contribution in [3.63, 3.8) is 0 Å². The third-order valence-electron chi connectivity index (χ3n) is 2.88. The maximum Gasteiger partial charge on any atom is 0.0963 e. The molecule has 0 aliphatic carbocycles. The van der Waals surface area contributed by atoms with Gasteiger partial charge in [-0.3, -0.25) is 5.41 Å². The summed E-state index contributed by atoms with van der Waals surface area (Å²) in [5.74, 6) is 0.950. The minimum atomic E-state index is -0.190. The van der Waals surface area contributed by atoms with E-state index in [0.717, 1.165) is 25.9 Å². The van der Waals surface area contributed by atoms with Gasteiger partial charge in [0.2, 0.25) is 0 Å². The van der Waals surface area contributed by atoms with Crippen molar-refractivity contribution in [2.45, 2.75) is 60.0 Å². The molecule has 0 aliphatic rings. The lowest BCUT2D eigenvalue weighted by atomic mass is 9.87. The molecule has 96 valence electrons. The molecule has 0 aromatic carbocycles. The van der Waals surface area contributed by atoms with Gasteiger partial charge in [0.1, 0.15) is 0 Å². The fraction of sp³-hybridized carbons (Fsp3) is 0.923. The minimum absolute atomic E-state index is 0.190. The maximum absolute atomic E-state index is 7.45. The van der Waals surface area contributed by atoms with Crippen molar-refractivity contribution in [3.8, 4) is 0 Å². The second-order valence-corrected chi connectivity index (χ2v) is 5.71. The zero-order valence-electron chi connectivity index (χ0n) is 11.5. The number of hydrogen-bond donors (Lipinski definition) is 2. The van der Waals surface area contributed by atoms with Crippen molar-refractivity contribution in [1.82, 2.24) is 0 Å². The molecule has 0 saturated carbocycles. The van der Waals surface area contributed by atoms with E-state index in [1.54, 1.807) is 0 Å². The second-order valence-electron chi connectivity index (χ2n) is 5.71. The first-order chi connectivity index (χ1) is 7.25. The van der Waals surface area contributed by atoms with Crippen molar-refractivity contribution < 1.29 is 4.74 Å². The van der Waals surface area contributed by atoms with E-state index in [1.807, 2.05) is 13.8 Å². The lowest BCUT2D eigenvalue weighted by molar-refractivity contribution is 0.0471. The maximum atomic E-state index is 7.45. The minimum Gasteiger partial charge on any atom is -0.387 e. The first-order valence-electron chi connectivity index (χ1n) is 6.22. The van der Waals surface area contributed by atoms with Crippen LogP contribution in [0, 0.1) is 16.7 Å². The molecule has 0 bridgehead atoms. The summed E-state index contributed by atoms with van der Waals surface area (Å²) in [6.45, 7) is 11.3. The third-order valence-corrected chi connectivity index (χ3v) is 2.88. The summed E-state index contributed by atoms with van der Waals surface area (Å²) in [6, 6.07) is 0. The predicted molar refractivity (Wildman–Crippen MR) is 69.8 cm³/mol. The van der Waals surface area contributed by atoms with E-state index in [9.17, 15) is 0 Å². The van der Waals surface area contributed by atoms with E-state index in [-0.39, 0.29) is 11.3 Å². The van der Waals surface area contributed by atoms with E-state index < -0.39 is 0 Å². The van der Waals surface area contributed by atoms with E-state index in [4.69, 9.17) is 15.9 Å². The molecule has 16 heavy (non-hydrogen) atoms. The van der Waals surface area contributed by atoms with E-state index in [0.29, 0.717) is 12.0 Å². The fourth-order valence-corrected chi connectivity index (χ4v) is 1.67. The molecule has 0 aromatic heterocycles. The Morgan fingerprint density at radius 1 is 1.31 bits per heavy atom. The van der Waals surface area contributed by atoms with Crippen molar-refractivity contribution in [2.24, 2.45) is 17.1 Å². The molecule has 1 atom stereocenters. The zero-order valence-corrected chi connectivity index (χ0v) is 11.5. The van der Waals surface area contributed by atoms with Gasteiger partial charge in [-0.25, -0.2) is 0 Å². The Kier molecular flexibility index (Phi) is 6.65. The van der Waals surface area contributed by atoms with Crippen LogP contribution in [0.4, 0.5) is 0 Å². The normalized spacial score (nSPS) is 14.1. The highest BCUT2D eigenvalue weighted by Gasteiger charge is 2.20. The van der Waals surface area contributed by atoms with Crippen molar-refractivity contribution in [3.05, 3.63) is 0 Å². The summed E-state index contributed by atoms with van der Waals surface area (Å²) >= 11 is 0. The highest BCUT2D eigenvalue weighted by molar-refractivity contribution is 5.82. The van der Waals surface area contributed by atoms with E-state index >= 15 is 0 Å². The van der Waals surface area contributed by atoms with E-state index in [1.165, 1.54) is 0 Å².